The Morgan fingerprint density at radius 2 is 1.97 bits per heavy atom. The molecule has 7 heteroatoms. The number of nitrogens with one attached hydrogen (secondary N) is 2. The van der Waals surface area contributed by atoms with E-state index >= 15 is 0 Å². The average molecular weight is 505 g/mol. The van der Waals surface area contributed by atoms with E-state index < -0.39 is 0 Å². The van der Waals surface area contributed by atoms with E-state index in [9.17, 15) is 0 Å². The van der Waals surface area contributed by atoms with Gasteiger partial charge in [0.25, 0.3) is 0 Å². The highest BCUT2D eigenvalue weighted by atomic mass is 16.5. The Bertz CT molecular complexity index is 1150. The van der Waals surface area contributed by atoms with Gasteiger partial charge in [0.2, 0.25) is 5.95 Å². The number of fused-ring (bicyclic) bond motifs is 2. The van der Waals surface area contributed by atoms with Crippen LogP contribution in [-0.2, 0) is 19.6 Å². The van der Waals surface area contributed by atoms with Crippen molar-refractivity contribution in [2.75, 3.05) is 45.8 Å². The lowest BCUT2D eigenvalue weighted by Gasteiger charge is -2.23. The van der Waals surface area contributed by atoms with Gasteiger partial charge in [-0.1, -0.05) is 31.2 Å². The summed E-state index contributed by atoms with van der Waals surface area (Å²) in [7, 11) is 3.65. The van der Waals surface area contributed by atoms with Gasteiger partial charge in [0.05, 0.1) is 18.9 Å². The normalized spacial score (nSPS) is 29.1. The molecule has 0 aliphatic heterocycles. The fourth-order valence-electron chi connectivity index (χ4n) is 5.69. The second-order valence-electron chi connectivity index (χ2n) is 10.8. The van der Waals surface area contributed by atoms with Crippen molar-refractivity contribution in [1.82, 2.24) is 15.3 Å². The molecule has 5 rings (SSSR count). The molecule has 37 heavy (non-hydrogen) atoms. The van der Waals surface area contributed by atoms with Gasteiger partial charge in [-0.05, 0) is 63.4 Å². The van der Waals surface area contributed by atoms with Crippen molar-refractivity contribution in [3.63, 3.8) is 0 Å². The van der Waals surface area contributed by atoms with E-state index in [1.807, 2.05) is 13.2 Å². The maximum Gasteiger partial charge on any atom is 0.227 e. The van der Waals surface area contributed by atoms with Gasteiger partial charge in [0, 0.05) is 48.2 Å². The first kappa shape index (κ1) is 25.7. The number of unbranched alkanes of at least 4 members (excludes halogenated alkanes) is 1. The highest BCUT2D eigenvalue weighted by Gasteiger charge is 2.59. The Morgan fingerprint density at radius 3 is 2.81 bits per heavy atom. The topological polar surface area (TPSA) is 77.5 Å². The summed E-state index contributed by atoms with van der Waals surface area (Å²) >= 11 is 0. The van der Waals surface area contributed by atoms with Crippen molar-refractivity contribution < 1.29 is 14.2 Å². The summed E-state index contributed by atoms with van der Waals surface area (Å²) in [6, 6.07) is 0. The quantitative estimate of drug-likeness (QED) is 0.274. The molecule has 1 heterocycles. The number of aryl methyl sites for hydroxylation is 1. The lowest BCUT2D eigenvalue weighted by Crippen LogP contribution is -2.19. The Kier molecular flexibility index (Phi) is 7.54. The lowest BCUT2D eigenvalue weighted by molar-refractivity contribution is 0.0931. The molecule has 4 aliphatic rings. The van der Waals surface area contributed by atoms with Gasteiger partial charge in [-0.2, -0.15) is 0 Å². The van der Waals surface area contributed by atoms with Crippen LogP contribution < -0.4 is 10.6 Å². The molecule has 2 fully saturated rings. The fraction of sp³-hybridized carbons (Fsp3) is 0.533. The number of hydrogen-bond acceptors (Lipinski definition) is 7. The largest absolute Gasteiger partial charge is 0.498 e. The van der Waals surface area contributed by atoms with Crippen molar-refractivity contribution in [3.8, 4) is 0 Å². The number of likely N-dealkylation sites (N-methyl/N-ethyl adjacent to an activating group) is 1. The third-order valence-electron chi connectivity index (χ3n) is 8.08. The number of nitrogens with zero attached hydrogens (tertiary/aromatic N) is 2. The van der Waals surface area contributed by atoms with Crippen LogP contribution >= 0.6 is 0 Å². The molecule has 1 aromatic rings. The summed E-state index contributed by atoms with van der Waals surface area (Å²) in [6.07, 6.45) is 21.2. The van der Waals surface area contributed by atoms with Crippen LogP contribution in [-0.4, -0.2) is 50.5 Å². The van der Waals surface area contributed by atoms with Crippen LogP contribution in [0.2, 0.25) is 0 Å². The van der Waals surface area contributed by atoms with Gasteiger partial charge >= 0.3 is 0 Å². The Balaban J connectivity index is 1.22. The zero-order valence-electron chi connectivity index (χ0n) is 22.5. The first-order chi connectivity index (χ1) is 18.0. The number of aromatic nitrogens is 2. The second kappa shape index (κ2) is 10.8. The van der Waals surface area contributed by atoms with Crippen molar-refractivity contribution in [2.24, 2.45) is 17.3 Å². The molecule has 198 valence electrons. The van der Waals surface area contributed by atoms with Crippen LogP contribution in [0.15, 0.2) is 65.9 Å². The molecule has 2 N–H and O–H groups in total. The molecule has 0 aromatic carbocycles. The average Bonchev–Trinajstić information content (AvgIpc) is 3.80. The van der Waals surface area contributed by atoms with E-state index in [0.717, 1.165) is 67.3 Å². The predicted octanol–water partition coefficient (Wildman–Crippen LogP) is 4.95. The molecule has 4 atom stereocenters. The molecular weight excluding hydrogens is 464 g/mol. The minimum atomic E-state index is -0.0858. The number of hydrogen-bond donors (Lipinski definition) is 2. The van der Waals surface area contributed by atoms with Crippen molar-refractivity contribution >= 4 is 5.95 Å². The Hall–Kier alpha value is -2.90. The zero-order valence-corrected chi connectivity index (χ0v) is 22.5. The molecule has 0 amide bonds. The summed E-state index contributed by atoms with van der Waals surface area (Å²) in [5.41, 5.74) is 3.34. The standard InChI is InChI=1S/C30H40N4O3/c1-21-20-32-28(33-24-11-12-26(37-17-16-35-4)29(2)18-22(24)29)34-27(21)30-13-9-10-25(23(30)19-30)36-15-8-6-5-7-14-31-3/h5,7,9-13,20,22-23,31H,6,8,14-19H2,1-4H3,(H,32,33,34)/b7-5+. The lowest BCUT2D eigenvalue weighted by atomic mass is 9.91. The smallest absolute Gasteiger partial charge is 0.227 e. The van der Waals surface area contributed by atoms with Gasteiger partial charge in [-0.25, -0.2) is 9.97 Å². The first-order valence-corrected chi connectivity index (χ1v) is 13.5. The maximum absolute atomic E-state index is 6.22. The van der Waals surface area contributed by atoms with Crippen LogP contribution in [0.5, 0.6) is 0 Å². The monoisotopic (exact) mass is 504 g/mol. The summed E-state index contributed by atoms with van der Waals surface area (Å²) < 4.78 is 17.3. The highest BCUT2D eigenvalue weighted by Crippen LogP contribution is 2.63. The van der Waals surface area contributed by atoms with Crippen LogP contribution in [0, 0.1) is 24.2 Å². The van der Waals surface area contributed by atoms with Crippen LogP contribution in [0.1, 0.15) is 43.9 Å². The Morgan fingerprint density at radius 1 is 1.08 bits per heavy atom. The molecule has 4 aliphatic carbocycles. The maximum atomic E-state index is 6.22. The van der Waals surface area contributed by atoms with E-state index in [1.54, 1.807) is 7.11 Å². The van der Waals surface area contributed by atoms with Gasteiger partial charge in [0.1, 0.15) is 18.1 Å². The van der Waals surface area contributed by atoms with Crippen LogP contribution in [0.4, 0.5) is 5.95 Å². The number of allylic oxidation sites excluding steroid dienone is 9. The van der Waals surface area contributed by atoms with E-state index in [4.69, 9.17) is 19.2 Å². The van der Waals surface area contributed by atoms with Crippen molar-refractivity contribution in [2.45, 2.75) is 44.9 Å². The van der Waals surface area contributed by atoms with E-state index in [2.05, 4.69) is 72.0 Å². The number of anilines is 1. The van der Waals surface area contributed by atoms with Crippen molar-refractivity contribution in [3.05, 3.63) is 77.2 Å². The van der Waals surface area contributed by atoms with Crippen LogP contribution in [0.25, 0.3) is 0 Å². The molecule has 4 unspecified atom stereocenters. The third kappa shape index (κ3) is 5.25. The molecule has 1 aromatic heterocycles. The summed E-state index contributed by atoms with van der Waals surface area (Å²) in [4.78, 5) is 9.68. The number of ether oxygens (including phenoxy) is 3. The predicted molar refractivity (Wildman–Crippen MR) is 146 cm³/mol. The minimum absolute atomic E-state index is 0.0461. The van der Waals surface area contributed by atoms with Crippen molar-refractivity contribution in [1.29, 1.82) is 0 Å². The second-order valence-corrected chi connectivity index (χ2v) is 10.8. The molecule has 0 saturated heterocycles. The Labute approximate surface area is 220 Å². The molecule has 2 saturated carbocycles. The molecular formula is C30H40N4O3. The van der Waals surface area contributed by atoms with Crippen LogP contribution in [0.3, 0.4) is 0 Å². The molecule has 7 nitrogen and oxygen atoms in total. The SMILES string of the molecule is CNC/C=C/CCCOC1=CC=CC2(c3nc(NC4=CC=C(OCCOC)C5(C)CC45)ncc3C)CC12. The number of methoxy groups -OCH3 is 1. The van der Waals surface area contributed by atoms with E-state index in [1.165, 1.54) is 0 Å². The first-order valence-electron chi connectivity index (χ1n) is 13.5. The fourth-order valence-corrected chi connectivity index (χ4v) is 5.69. The third-order valence-corrected chi connectivity index (χ3v) is 8.08. The summed E-state index contributed by atoms with van der Waals surface area (Å²) in [6.45, 7) is 7.20. The minimum Gasteiger partial charge on any atom is -0.498 e. The number of rotatable bonds is 14. The van der Waals surface area contributed by atoms with Gasteiger partial charge in [-0.15, -0.1) is 0 Å². The molecule has 0 bridgehead atoms. The molecule has 0 spiro atoms. The van der Waals surface area contributed by atoms with Gasteiger partial charge in [0.15, 0.2) is 0 Å². The molecule has 0 radical (unpaired) electrons. The highest BCUT2D eigenvalue weighted by molar-refractivity contribution is 5.51. The summed E-state index contributed by atoms with van der Waals surface area (Å²) in [5, 5.41) is 6.66. The van der Waals surface area contributed by atoms with Gasteiger partial charge in [-0.3, -0.25) is 0 Å². The zero-order chi connectivity index (χ0) is 25.9. The van der Waals surface area contributed by atoms with E-state index in [0.29, 0.717) is 31.0 Å². The van der Waals surface area contributed by atoms with E-state index in [-0.39, 0.29) is 10.8 Å². The summed E-state index contributed by atoms with van der Waals surface area (Å²) in [5.74, 6) is 3.56. The van der Waals surface area contributed by atoms with Gasteiger partial charge < -0.3 is 24.8 Å².